The highest BCUT2D eigenvalue weighted by molar-refractivity contribution is 5.03. The van der Waals surface area contributed by atoms with Gasteiger partial charge >= 0.3 is 11.4 Å². The van der Waals surface area contributed by atoms with E-state index in [-0.39, 0.29) is 13.2 Å². The Hall–Kier alpha value is -3.58. The molecule has 1 saturated heterocycles. The maximum absolute atomic E-state index is 12.2. The highest BCUT2D eigenvalue weighted by Gasteiger charge is 2.38. The summed E-state index contributed by atoms with van der Waals surface area (Å²) in [5, 5.41) is 17.8. The first-order chi connectivity index (χ1) is 14.4. The lowest BCUT2D eigenvalue weighted by molar-refractivity contribution is -0.0323. The molecule has 13 nitrogen and oxygen atoms in total. The number of aliphatic hydroxyl groups is 1. The van der Waals surface area contributed by atoms with Gasteiger partial charge in [-0.15, -0.1) is 5.10 Å². The monoisotopic (exact) mass is 417 g/mol. The third kappa shape index (κ3) is 3.67. The summed E-state index contributed by atoms with van der Waals surface area (Å²) in [6, 6.07) is 0.806. The van der Waals surface area contributed by atoms with Crippen molar-refractivity contribution in [1.29, 1.82) is 0 Å². The molecule has 1 aliphatic rings. The van der Waals surface area contributed by atoms with Crippen LogP contribution in [-0.2, 0) is 11.3 Å². The first-order valence-corrected chi connectivity index (χ1v) is 9.14. The molecule has 13 heteroatoms. The number of ether oxygens (including phenoxy) is 1. The van der Waals surface area contributed by atoms with E-state index in [9.17, 15) is 24.3 Å². The largest absolute Gasteiger partial charge is 0.394 e. The van der Waals surface area contributed by atoms with E-state index in [0.29, 0.717) is 17.7 Å². The van der Waals surface area contributed by atoms with E-state index in [1.807, 2.05) is 0 Å². The van der Waals surface area contributed by atoms with Gasteiger partial charge in [0.05, 0.1) is 25.4 Å². The number of nitrogens with one attached hydrogen (secondary N) is 2. The SMILES string of the molecule is Cc1cn(C2CC(n3cc(Cn4ccc(=O)[nH]c4=O)nn3)C(CO)O2)c(=O)[nH]c1=O. The second kappa shape index (κ2) is 7.68. The van der Waals surface area contributed by atoms with Crippen LogP contribution in [0.3, 0.4) is 0 Å². The minimum absolute atomic E-state index is 0.0922. The average molecular weight is 417 g/mol. The number of H-pyrrole nitrogens is 2. The quantitative estimate of drug-likeness (QED) is 0.422. The molecule has 3 aromatic heterocycles. The van der Waals surface area contributed by atoms with Crippen molar-refractivity contribution in [1.82, 2.24) is 34.1 Å². The fraction of sp³-hybridized carbons (Fsp3) is 0.412. The average Bonchev–Trinajstić information content (AvgIpc) is 3.33. The molecule has 1 fully saturated rings. The standard InChI is InChI=1S/C17H19N7O6/c1-9-5-23(17(29)19-15(9)27)14-4-11(12(8-25)30-14)24-7-10(20-21-24)6-22-3-2-13(26)18-16(22)28/h2-3,5,7,11-12,14,25H,4,6,8H2,1H3,(H,18,26,28)(H,19,27,29). The molecule has 0 spiro atoms. The summed E-state index contributed by atoms with van der Waals surface area (Å²) in [7, 11) is 0. The van der Waals surface area contributed by atoms with Crippen molar-refractivity contribution in [3.63, 3.8) is 0 Å². The molecule has 4 rings (SSSR count). The van der Waals surface area contributed by atoms with Crippen LogP contribution in [0.2, 0.25) is 0 Å². The minimum atomic E-state index is -0.704. The van der Waals surface area contributed by atoms with Crippen LogP contribution in [0.5, 0.6) is 0 Å². The number of aromatic amines is 2. The zero-order chi connectivity index (χ0) is 21.4. The lowest BCUT2D eigenvalue weighted by atomic mass is 10.1. The molecule has 0 amide bonds. The van der Waals surface area contributed by atoms with Crippen LogP contribution in [0.1, 0.15) is 29.9 Å². The van der Waals surface area contributed by atoms with Gasteiger partial charge in [-0.25, -0.2) is 14.3 Å². The third-order valence-corrected chi connectivity index (χ3v) is 4.97. The molecular formula is C17H19N7O6. The zero-order valence-corrected chi connectivity index (χ0v) is 15.9. The number of aromatic nitrogens is 7. The van der Waals surface area contributed by atoms with Gasteiger partial charge in [-0.2, -0.15) is 0 Å². The van der Waals surface area contributed by atoms with E-state index in [1.54, 1.807) is 13.1 Å². The number of hydrogen-bond acceptors (Lipinski definition) is 8. The van der Waals surface area contributed by atoms with Crippen molar-refractivity contribution < 1.29 is 9.84 Å². The number of nitrogens with zero attached hydrogens (tertiary/aromatic N) is 5. The van der Waals surface area contributed by atoms with E-state index >= 15 is 0 Å². The van der Waals surface area contributed by atoms with Gasteiger partial charge in [0.2, 0.25) is 0 Å². The summed E-state index contributed by atoms with van der Waals surface area (Å²) >= 11 is 0. The molecule has 3 N–H and O–H groups in total. The lowest BCUT2D eigenvalue weighted by Gasteiger charge is -2.15. The van der Waals surface area contributed by atoms with Crippen molar-refractivity contribution in [2.24, 2.45) is 0 Å². The highest BCUT2D eigenvalue weighted by atomic mass is 16.5. The molecule has 30 heavy (non-hydrogen) atoms. The van der Waals surface area contributed by atoms with Gasteiger partial charge in [0.1, 0.15) is 18.0 Å². The Morgan fingerprint density at radius 3 is 2.73 bits per heavy atom. The molecule has 3 unspecified atom stereocenters. The molecule has 0 aromatic carbocycles. The Bertz CT molecular complexity index is 1300. The molecule has 0 bridgehead atoms. The predicted molar refractivity (Wildman–Crippen MR) is 101 cm³/mol. The fourth-order valence-electron chi connectivity index (χ4n) is 3.42. The van der Waals surface area contributed by atoms with Gasteiger partial charge in [-0.3, -0.25) is 28.7 Å². The van der Waals surface area contributed by atoms with Crippen molar-refractivity contribution in [3.05, 3.63) is 77.6 Å². The van der Waals surface area contributed by atoms with Crippen molar-refractivity contribution in [2.45, 2.75) is 38.3 Å². The second-order valence-electron chi connectivity index (χ2n) is 7.02. The first-order valence-electron chi connectivity index (χ1n) is 9.14. The molecule has 158 valence electrons. The van der Waals surface area contributed by atoms with E-state index in [0.717, 1.165) is 0 Å². The minimum Gasteiger partial charge on any atom is -0.394 e. The number of rotatable bonds is 5. The smallest absolute Gasteiger partial charge is 0.330 e. The maximum Gasteiger partial charge on any atom is 0.330 e. The summed E-state index contributed by atoms with van der Waals surface area (Å²) in [5.41, 5.74) is -1.32. The van der Waals surface area contributed by atoms with Crippen LogP contribution in [0.4, 0.5) is 0 Å². The van der Waals surface area contributed by atoms with Gasteiger partial charge < -0.3 is 9.84 Å². The summed E-state index contributed by atoms with van der Waals surface area (Å²) < 4.78 is 9.87. The number of hydrogen-bond donors (Lipinski definition) is 3. The third-order valence-electron chi connectivity index (χ3n) is 4.97. The molecule has 0 radical (unpaired) electrons. The summed E-state index contributed by atoms with van der Waals surface area (Å²) in [5.74, 6) is 0. The van der Waals surface area contributed by atoms with Crippen LogP contribution in [0.25, 0.3) is 0 Å². The summed E-state index contributed by atoms with van der Waals surface area (Å²) in [6.45, 7) is 1.36. The number of aryl methyl sites for hydroxylation is 1. The van der Waals surface area contributed by atoms with Crippen LogP contribution in [0.15, 0.2) is 43.8 Å². The van der Waals surface area contributed by atoms with Crippen LogP contribution < -0.4 is 22.5 Å². The van der Waals surface area contributed by atoms with Gasteiger partial charge in [0.15, 0.2) is 0 Å². The first kappa shape index (κ1) is 19.7. The van der Waals surface area contributed by atoms with Crippen molar-refractivity contribution in [3.8, 4) is 0 Å². The maximum atomic E-state index is 12.2. The van der Waals surface area contributed by atoms with E-state index < -0.39 is 40.9 Å². The Labute approximate surface area is 167 Å². The normalized spacial score (nSPS) is 21.2. The molecule has 1 aliphatic heterocycles. The van der Waals surface area contributed by atoms with Crippen LogP contribution in [-0.4, -0.2) is 51.9 Å². The van der Waals surface area contributed by atoms with E-state index in [1.165, 1.54) is 32.3 Å². The van der Waals surface area contributed by atoms with E-state index in [2.05, 4.69) is 20.3 Å². The van der Waals surface area contributed by atoms with Crippen molar-refractivity contribution >= 4 is 0 Å². The zero-order valence-electron chi connectivity index (χ0n) is 15.9. The van der Waals surface area contributed by atoms with Crippen LogP contribution >= 0.6 is 0 Å². The molecule has 3 aromatic rings. The van der Waals surface area contributed by atoms with Gasteiger partial charge in [0.25, 0.3) is 11.1 Å². The van der Waals surface area contributed by atoms with Gasteiger partial charge in [-0.1, -0.05) is 5.21 Å². The predicted octanol–water partition coefficient (Wildman–Crippen LogP) is -2.14. The Balaban J connectivity index is 1.57. The molecule has 3 atom stereocenters. The highest BCUT2D eigenvalue weighted by Crippen LogP contribution is 2.35. The molecular weight excluding hydrogens is 398 g/mol. The summed E-state index contributed by atoms with van der Waals surface area (Å²) in [4.78, 5) is 51.1. The molecule has 0 saturated carbocycles. The van der Waals surface area contributed by atoms with Gasteiger partial charge in [-0.05, 0) is 6.92 Å². The van der Waals surface area contributed by atoms with E-state index in [4.69, 9.17) is 4.74 Å². The van der Waals surface area contributed by atoms with Gasteiger partial charge in [0, 0.05) is 30.4 Å². The fourth-order valence-corrected chi connectivity index (χ4v) is 3.42. The second-order valence-corrected chi connectivity index (χ2v) is 7.02. The van der Waals surface area contributed by atoms with Crippen molar-refractivity contribution in [2.75, 3.05) is 6.61 Å². The van der Waals surface area contributed by atoms with Crippen LogP contribution in [0, 0.1) is 6.92 Å². The Kier molecular flexibility index (Phi) is 5.05. The Morgan fingerprint density at radius 1 is 1.20 bits per heavy atom. The summed E-state index contributed by atoms with van der Waals surface area (Å²) in [6.07, 6.45) is 3.33. The Morgan fingerprint density at radius 2 is 2.00 bits per heavy atom. The lowest BCUT2D eigenvalue weighted by Crippen LogP contribution is -2.33. The molecule has 4 heterocycles. The topological polar surface area (TPSA) is 170 Å². The molecule has 0 aliphatic carbocycles. The number of aliphatic hydroxyl groups excluding tert-OH is 1.